The predicted molar refractivity (Wildman–Crippen MR) is 179 cm³/mol. The maximum atomic E-state index is 12.6. The fraction of sp³-hybridized carbons (Fsp3) is 0.917. The molecule has 2 unspecified atom stereocenters. The lowest BCUT2D eigenvalue weighted by atomic mass is 10.0. The molecule has 8 heteroatoms. The van der Waals surface area contributed by atoms with Crippen molar-refractivity contribution in [2.24, 2.45) is 0 Å². The molecule has 0 saturated carbocycles. The second kappa shape index (κ2) is 28.8. The summed E-state index contributed by atoms with van der Waals surface area (Å²) in [4.78, 5) is 36.4. The highest BCUT2D eigenvalue weighted by atomic mass is 16.6. The van der Waals surface area contributed by atoms with Crippen LogP contribution in [0, 0.1) is 0 Å². The van der Waals surface area contributed by atoms with Gasteiger partial charge in [-0.3, -0.25) is 9.59 Å². The standard InChI is InChI=1S/C36H69NO7/c1-6-8-10-12-13-14-15-16-17-18-19-20-21-23-25-27-35(39)44-32(31-43-34(38)26-24-22-11-9-7-2)30-42-29-28-33(36(40)41)37(3,4)5/h32-33H,6-31H2,1-5H3/p+1. The second-order valence-electron chi connectivity index (χ2n) is 13.5. The van der Waals surface area contributed by atoms with Gasteiger partial charge in [-0.1, -0.05) is 129 Å². The van der Waals surface area contributed by atoms with E-state index < -0.39 is 18.1 Å². The maximum absolute atomic E-state index is 12.6. The Morgan fingerprint density at radius 2 is 1.00 bits per heavy atom. The number of carboxylic acid groups (broad SMARTS) is 1. The van der Waals surface area contributed by atoms with E-state index in [4.69, 9.17) is 14.2 Å². The van der Waals surface area contributed by atoms with Crippen molar-refractivity contribution in [2.75, 3.05) is 41.0 Å². The summed E-state index contributed by atoms with van der Waals surface area (Å²) in [6.45, 7) is 4.65. The lowest BCUT2D eigenvalue weighted by Gasteiger charge is -2.31. The van der Waals surface area contributed by atoms with Crippen LogP contribution < -0.4 is 0 Å². The van der Waals surface area contributed by atoms with Crippen LogP contribution in [0.25, 0.3) is 0 Å². The number of likely N-dealkylation sites (N-methyl/N-ethyl adjacent to an activating group) is 1. The van der Waals surface area contributed by atoms with Crippen molar-refractivity contribution in [1.29, 1.82) is 0 Å². The summed E-state index contributed by atoms with van der Waals surface area (Å²) in [6.07, 6.45) is 24.6. The lowest BCUT2D eigenvalue weighted by Crippen LogP contribution is -2.50. The monoisotopic (exact) mass is 629 g/mol. The van der Waals surface area contributed by atoms with Gasteiger partial charge in [-0.05, 0) is 12.8 Å². The molecule has 2 atom stereocenters. The summed E-state index contributed by atoms with van der Waals surface area (Å²) in [7, 11) is 5.51. The molecule has 0 saturated heterocycles. The molecule has 0 fully saturated rings. The first-order chi connectivity index (χ1) is 21.1. The van der Waals surface area contributed by atoms with E-state index in [0.29, 0.717) is 19.3 Å². The number of carbonyl (C=O) groups is 3. The van der Waals surface area contributed by atoms with Gasteiger partial charge in [-0.2, -0.15) is 0 Å². The number of esters is 2. The van der Waals surface area contributed by atoms with Crippen LogP contribution in [-0.2, 0) is 28.6 Å². The van der Waals surface area contributed by atoms with Gasteiger partial charge in [0.2, 0.25) is 0 Å². The number of carboxylic acids is 1. The number of hydrogen-bond acceptors (Lipinski definition) is 6. The third kappa shape index (κ3) is 26.7. The van der Waals surface area contributed by atoms with Crippen LogP contribution in [0.4, 0.5) is 0 Å². The predicted octanol–water partition coefficient (Wildman–Crippen LogP) is 8.63. The Morgan fingerprint density at radius 1 is 0.591 bits per heavy atom. The number of carbonyl (C=O) groups excluding carboxylic acids is 2. The Labute approximate surface area is 270 Å². The van der Waals surface area contributed by atoms with Crippen molar-refractivity contribution in [3.05, 3.63) is 0 Å². The minimum atomic E-state index is -0.875. The minimum Gasteiger partial charge on any atom is -0.477 e. The molecule has 0 spiro atoms. The average molecular weight is 629 g/mol. The number of hydrogen-bond donors (Lipinski definition) is 1. The molecule has 260 valence electrons. The van der Waals surface area contributed by atoms with Gasteiger partial charge in [0.15, 0.2) is 12.1 Å². The smallest absolute Gasteiger partial charge is 0.362 e. The van der Waals surface area contributed by atoms with Crippen molar-refractivity contribution in [1.82, 2.24) is 0 Å². The van der Waals surface area contributed by atoms with Crippen LogP contribution in [0.1, 0.15) is 162 Å². The van der Waals surface area contributed by atoms with Gasteiger partial charge in [0.1, 0.15) is 6.61 Å². The molecule has 0 aromatic carbocycles. The summed E-state index contributed by atoms with van der Waals surface area (Å²) in [5, 5.41) is 9.53. The van der Waals surface area contributed by atoms with E-state index in [1.807, 2.05) is 21.1 Å². The van der Waals surface area contributed by atoms with Gasteiger partial charge >= 0.3 is 17.9 Å². The van der Waals surface area contributed by atoms with E-state index in [9.17, 15) is 19.5 Å². The largest absolute Gasteiger partial charge is 0.477 e. The van der Waals surface area contributed by atoms with E-state index in [-0.39, 0.29) is 36.2 Å². The third-order valence-corrected chi connectivity index (χ3v) is 8.26. The zero-order valence-electron chi connectivity index (χ0n) is 29.4. The Morgan fingerprint density at radius 3 is 1.41 bits per heavy atom. The van der Waals surface area contributed by atoms with Gasteiger partial charge < -0.3 is 23.8 Å². The van der Waals surface area contributed by atoms with Crippen LogP contribution in [0.5, 0.6) is 0 Å². The molecule has 0 aromatic rings. The molecule has 8 nitrogen and oxygen atoms in total. The molecular weight excluding hydrogens is 558 g/mol. The molecule has 0 bridgehead atoms. The molecule has 0 heterocycles. The summed E-state index contributed by atoms with van der Waals surface area (Å²) in [5.41, 5.74) is 0. The SMILES string of the molecule is CCCCCCCCCCCCCCCCCC(=O)OC(COCCC(C(=O)O)[N+](C)(C)C)COC(=O)CCCCCCC. The molecule has 0 amide bonds. The molecular formula is C36H70NO7+. The molecule has 0 aromatic heterocycles. The molecule has 44 heavy (non-hydrogen) atoms. The van der Waals surface area contributed by atoms with E-state index in [2.05, 4.69) is 13.8 Å². The highest BCUT2D eigenvalue weighted by Crippen LogP contribution is 2.15. The third-order valence-electron chi connectivity index (χ3n) is 8.26. The van der Waals surface area contributed by atoms with Crippen LogP contribution >= 0.6 is 0 Å². The minimum absolute atomic E-state index is 0.0456. The van der Waals surface area contributed by atoms with Crippen molar-refractivity contribution >= 4 is 17.9 Å². The lowest BCUT2D eigenvalue weighted by molar-refractivity contribution is -0.887. The van der Waals surface area contributed by atoms with Crippen molar-refractivity contribution in [3.63, 3.8) is 0 Å². The van der Waals surface area contributed by atoms with Gasteiger partial charge in [-0.25, -0.2) is 4.79 Å². The zero-order chi connectivity index (χ0) is 32.9. The Kier molecular flexibility index (Phi) is 27.7. The number of quaternary nitrogens is 1. The van der Waals surface area contributed by atoms with Gasteiger partial charge in [0.25, 0.3) is 0 Å². The quantitative estimate of drug-likeness (QED) is 0.0452. The highest BCUT2D eigenvalue weighted by Gasteiger charge is 2.31. The van der Waals surface area contributed by atoms with Crippen molar-refractivity contribution in [2.45, 2.75) is 174 Å². The highest BCUT2D eigenvalue weighted by molar-refractivity contribution is 5.72. The Hall–Kier alpha value is -1.67. The van der Waals surface area contributed by atoms with Crippen molar-refractivity contribution in [3.8, 4) is 0 Å². The molecule has 0 aliphatic heterocycles. The zero-order valence-corrected chi connectivity index (χ0v) is 29.4. The molecule has 0 aliphatic carbocycles. The van der Waals surface area contributed by atoms with E-state index in [1.165, 1.54) is 83.5 Å². The molecule has 0 aliphatic rings. The number of ether oxygens (including phenoxy) is 3. The first kappa shape index (κ1) is 42.3. The van der Waals surface area contributed by atoms with Gasteiger partial charge in [0.05, 0.1) is 34.4 Å². The van der Waals surface area contributed by atoms with E-state index >= 15 is 0 Å². The molecule has 1 N–H and O–H groups in total. The second-order valence-corrected chi connectivity index (χ2v) is 13.5. The Balaban J connectivity index is 4.29. The van der Waals surface area contributed by atoms with Crippen LogP contribution in [0.2, 0.25) is 0 Å². The van der Waals surface area contributed by atoms with Crippen LogP contribution in [0.15, 0.2) is 0 Å². The summed E-state index contributed by atoms with van der Waals surface area (Å²) < 4.78 is 17.1. The first-order valence-electron chi connectivity index (χ1n) is 18.1. The average Bonchev–Trinajstić information content (AvgIpc) is 2.96. The number of aliphatic carboxylic acids is 1. The molecule has 0 radical (unpaired) electrons. The van der Waals surface area contributed by atoms with Crippen LogP contribution in [-0.4, -0.2) is 80.6 Å². The number of nitrogens with zero attached hydrogens (tertiary/aromatic N) is 1. The van der Waals surface area contributed by atoms with E-state index in [1.54, 1.807) is 0 Å². The topological polar surface area (TPSA) is 99.1 Å². The Bertz CT molecular complexity index is 707. The fourth-order valence-electron chi connectivity index (χ4n) is 5.38. The van der Waals surface area contributed by atoms with Gasteiger partial charge in [-0.15, -0.1) is 0 Å². The maximum Gasteiger partial charge on any atom is 0.362 e. The summed E-state index contributed by atoms with van der Waals surface area (Å²) >= 11 is 0. The van der Waals surface area contributed by atoms with E-state index in [0.717, 1.165) is 44.9 Å². The number of unbranched alkanes of at least 4 members (excludes halogenated alkanes) is 18. The van der Waals surface area contributed by atoms with Gasteiger partial charge in [0, 0.05) is 19.3 Å². The normalized spacial score (nSPS) is 13.0. The molecule has 0 rings (SSSR count). The number of rotatable bonds is 32. The van der Waals surface area contributed by atoms with Crippen molar-refractivity contribution < 1.29 is 38.2 Å². The van der Waals surface area contributed by atoms with Crippen LogP contribution in [0.3, 0.4) is 0 Å². The fourth-order valence-corrected chi connectivity index (χ4v) is 5.38. The summed E-state index contributed by atoms with van der Waals surface area (Å²) in [6, 6.07) is -0.605. The first-order valence-corrected chi connectivity index (χ1v) is 18.1. The summed E-state index contributed by atoms with van der Waals surface area (Å²) in [5.74, 6) is -1.47.